The molecule has 1 aromatic rings. The van der Waals surface area contributed by atoms with Crippen molar-refractivity contribution in [2.45, 2.75) is 32.6 Å². The highest BCUT2D eigenvalue weighted by Gasteiger charge is 2.15. The zero-order valence-electron chi connectivity index (χ0n) is 11.4. The summed E-state index contributed by atoms with van der Waals surface area (Å²) in [7, 11) is 2.14. The first kappa shape index (κ1) is 13.1. The van der Waals surface area contributed by atoms with Crippen LogP contribution in [-0.2, 0) is 0 Å². The van der Waals surface area contributed by atoms with Gasteiger partial charge in [0.1, 0.15) is 12.0 Å². The summed E-state index contributed by atoms with van der Waals surface area (Å²) >= 11 is 0. The van der Waals surface area contributed by atoms with Crippen LogP contribution in [0.3, 0.4) is 0 Å². The van der Waals surface area contributed by atoms with Gasteiger partial charge in [-0.15, -0.1) is 0 Å². The molecule has 0 spiro atoms. The average molecular weight is 246 g/mol. The van der Waals surface area contributed by atoms with E-state index in [2.05, 4.69) is 42.3 Å². The minimum atomic E-state index is 0.961. The highest BCUT2D eigenvalue weighted by atomic mass is 16.5. The minimum absolute atomic E-state index is 0.961. The Morgan fingerprint density at radius 1 is 1.50 bits per heavy atom. The molecule has 0 saturated heterocycles. The summed E-state index contributed by atoms with van der Waals surface area (Å²) in [6, 6.07) is 0. The Labute approximate surface area is 109 Å². The summed E-state index contributed by atoms with van der Waals surface area (Å²) in [5.74, 6) is 0. The van der Waals surface area contributed by atoms with Crippen molar-refractivity contribution in [3.63, 3.8) is 0 Å². The fourth-order valence-corrected chi connectivity index (χ4v) is 2.20. The zero-order chi connectivity index (χ0) is 12.8. The largest absolute Gasteiger partial charge is 0.363 e. The number of allylic oxidation sites excluding steroid dienone is 1. The number of unbranched alkanes of at least 4 members (excludes halogenated alkanes) is 2. The molecule has 3 heteroatoms. The van der Waals surface area contributed by atoms with E-state index in [1.165, 1.54) is 18.4 Å². The lowest BCUT2D eigenvalue weighted by molar-refractivity contribution is 0.369. The third-order valence-corrected chi connectivity index (χ3v) is 3.26. The third kappa shape index (κ3) is 3.33. The number of hydrogen-bond acceptors (Lipinski definition) is 3. The SMILES string of the molecule is CCCC/C=C/c1conc1C1=CCCN(C)C1. The Kier molecular flexibility index (Phi) is 4.76. The molecule has 0 saturated carbocycles. The number of likely N-dealkylation sites (N-methyl/N-ethyl adjacent to an activating group) is 1. The topological polar surface area (TPSA) is 29.3 Å². The predicted molar refractivity (Wildman–Crippen MR) is 75.2 cm³/mol. The van der Waals surface area contributed by atoms with Crippen LogP contribution in [0.4, 0.5) is 0 Å². The molecule has 0 bridgehead atoms. The monoisotopic (exact) mass is 246 g/mol. The Hall–Kier alpha value is -1.35. The standard InChI is InChI=1S/C15H22N2O/c1-3-4-5-6-8-14-12-18-16-15(14)13-9-7-10-17(2)11-13/h6,8-9,12H,3-5,7,10-11H2,1-2H3/b8-6+. The van der Waals surface area contributed by atoms with Crippen molar-refractivity contribution >= 4 is 11.6 Å². The fourth-order valence-electron chi connectivity index (χ4n) is 2.20. The maximum Gasteiger partial charge on any atom is 0.131 e. The second kappa shape index (κ2) is 6.55. The van der Waals surface area contributed by atoms with E-state index in [-0.39, 0.29) is 0 Å². The summed E-state index contributed by atoms with van der Waals surface area (Å²) < 4.78 is 5.13. The fraction of sp³-hybridized carbons (Fsp3) is 0.533. The minimum Gasteiger partial charge on any atom is -0.363 e. The molecule has 1 aliphatic rings. The molecule has 1 aromatic heterocycles. The molecule has 18 heavy (non-hydrogen) atoms. The van der Waals surface area contributed by atoms with E-state index in [1.54, 1.807) is 6.26 Å². The summed E-state index contributed by atoms with van der Waals surface area (Å²) in [6.45, 7) is 4.30. The molecule has 0 aromatic carbocycles. The second-order valence-corrected chi connectivity index (χ2v) is 4.92. The van der Waals surface area contributed by atoms with Gasteiger partial charge in [0.25, 0.3) is 0 Å². The quantitative estimate of drug-likeness (QED) is 0.743. The van der Waals surface area contributed by atoms with Crippen molar-refractivity contribution in [2.75, 3.05) is 20.1 Å². The molecule has 0 N–H and O–H groups in total. The highest BCUT2D eigenvalue weighted by Crippen LogP contribution is 2.23. The van der Waals surface area contributed by atoms with E-state index in [4.69, 9.17) is 4.52 Å². The Bertz CT molecular complexity index is 431. The van der Waals surface area contributed by atoms with E-state index in [1.807, 2.05) is 0 Å². The predicted octanol–water partition coefficient (Wildman–Crippen LogP) is 3.60. The van der Waals surface area contributed by atoms with Crippen molar-refractivity contribution in [3.8, 4) is 0 Å². The van der Waals surface area contributed by atoms with Gasteiger partial charge in [-0.1, -0.05) is 43.2 Å². The van der Waals surface area contributed by atoms with Gasteiger partial charge in [0, 0.05) is 18.7 Å². The van der Waals surface area contributed by atoms with Crippen LogP contribution in [-0.4, -0.2) is 30.2 Å². The number of hydrogen-bond donors (Lipinski definition) is 0. The van der Waals surface area contributed by atoms with Crippen LogP contribution in [0.1, 0.15) is 43.9 Å². The normalized spacial score (nSPS) is 17.3. The molecular weight excluding hydrogens is 224 g/mol. The van der Waals surface area contributed by atoms with E-state index >= 15 is 0 Å². The van der Waals surface area contributed by atoms with Gasteiger partial charge in [-0.2, -0.15) is 0 Å². The molecule has 2 heterocycles. The Morgan fingerprint density at radius 2 is 2.39 bits per heavy atom. The van der Waals surface area contributed by atoms with Crippen LogP contribution in [0, 0.1) is 0 Å². The molecule has 3 nitrogen and oxygen atoms in total. The lowest BCUT2D eigenvalue weighted by Crippen LogP contribution is -2.25. The Morgan fingerprint density at radius 3 is 3.17 bits per heavy atom. The first-order valence-corrected chi connectivity index (χ1v) is 6.80. The van der Waals surface area contributed by atoms with Crippen molar-refractivity contribution in [1.29, 1.82) is 0 Å². The summed E-state index contributed by atoms with van der Waals surface area (Å²) in [5.41, 5.74) is 3.40. The molecule has 0 atom stereocenters. The van der Waals surface area contributed by atoms with Gasteiger partial charge in [-0.25, -0.2) is 0 Å². The number of aromatic nitrogens is 1. The van der Waals surface area contributed by atoms with Crippen LogP contribution < -0.4 is 0 Å². The molecule has 0 amide bonds. The van der Waals surface area contributed by atoms with E-state index < -0.39 is 0 Å². The molecule has 0 unspecified atom stereocenters. The highest BCUT2D eigenvalue weighted by molar-refractivity contribution is 5.72. The lowest BCUT2D eigenvalue weighted by Gasteiger charge is -2.21. The Balaban J connectivity index is 2.07. The van der Waals surface area contributed by atoms with E-state index in [9.17, 15) is 0 Å². The zero-order valence-corrected chi connectivity index (χ0v) is 11.4. The van der Waals surface area contributed by atoms with E-state index in [0.717, 1.165) is 37.2 Å². The number of nitrogens with zero attached hydrogens (tertiary/aromatic N) is 2. The first-order valence-electron chi connectivity index (χ1n) is 6.80. The molecule has 0 radical (unpaired) electrons. The van der Waals surface area contributed by atoms with Crippen molar-refractivity contribution in [2.24, 2.45) is 0 Å². The summed E-state index contributed by atoms with van der Waals surface area (Å²) in [5, 5.41) is 4.15. The van der Waals surface area contributed by atoms with Gasteiger partial charge in [-0.3, -0.25) is 0 Å². The number of rotatable bonds is 5. The molecule has 0 fully saturated rings. The maximum absolute atomic E-state index is 5.13. The van der Waals surface area contributed by atoms with Gasteiger partial charge >= 0.3 is 0 Å². The summed E-state index contributed by atoms with van der Waals surface area (Å²) in [6.07, 6.45) is 13.1. The molecule has 0 aliphatic carbocycles. The lowest BCUT2D eigenvalue weighted by atomic mass is 10.0. The van der Waals surface area contributed by atoms with Crippen LogP contribution in [0.15, 0.2) is 22.9 Å². The first-order chi connectivity index (χ1) is 8.81. The van der Waals surface area contributed by atoms with Crippen LogP contribution in [0.5, 0.6) is 0 Å². The molecule has 2 rings (SSSR count). The van der Waals surface area contributed by atoms with Crippen molar-refractivity contribution in [1.82, 2.24) is 10.1 Å². The smallest absolute Gasteiger partial charge is 0.131 e. The average Bonchev–Trinajstić information content (AvgIpc) is 2.83. The molecule has 98 valence electrons. The molecular formula is C15H22N2O. The van der Waals surface area contributed by atoms with Crippen molar-refractivity contribution in [3.05, 3.63) is 29.7 Å². The van der Waals surface area contributed by atoms with Gasteiger partial charge in [0.15, 0.2) is 0 Å². The second-order valence-electron chi connectivity index (χ2n) is 4.92. The van der Waals surface area contributed by atoms with Gasteiger partial charge < -0.3 is 9.42 Å². The van der Waals surface area contributed by atoms with Crippen LogP contribution in [0.25, 0.3) is 11.6 Å². The van der Waals surface area contributed by atoms with Gasteiger partial charge in [0.2, 0.25) is 0 Å². The van der Waals surface area contributed by atoms with Crippen LogP contribution in [0.2, 0.25) is 0 Å². The van der Waals surface area contributed by atoms with Crippen molar-refractivity contribution < 1.29 is 4.52 Å². The van der Waals surface area contributed by atoms with Crippen LogP contribution >= 0.6 is 0 Å². The summed E-state index contributed by atoms with van der Waals surface area (Å²) in [4.78, 5) is 2.31. The maximum atomic E-state index is 5.13. The van der Waals surface area contributed by atoms with E-state index in [0.29, 0.717) is 0 Å². The van der Waals surface area contributed by atoms with Gasteiger partial charge in [-0.05, 0) is 25.5 Å². The van der Waals surface area contributed by atoms with Gasteiger partial charge in [0.05, 0.1) is 0 Å². The molecule has 1 aliphatic heterocycles. The third-order valence-electron chi connectivity index (χ3n) is 3.26.